The fourth-order valence-corrected chi connectivity index (χ4v) is 2.28. The lowest BCUT2D eigenvalue weighted by molar-refractivity contribution is -0.117. The van der Waals surface area contributed by atoms with E-state index >= 15 is 0 Å². The van der Waals surface area contributed by atoms with Gasteiger partial charge in [0.2, 0.25) is 5.91 Å². The lowest BCUT2D eigenvalue weighted by Gasteiger charge is -2.12. The van der Waals surface area contributed by atoms with Crippen molar-refractivity contribution in [1.29, 1.82) is 0 Å². The number of carbonyl (C=O) groups excluding carboxylic acids is 1. The Bertz CT molecular complexity index is 482. The van der Waals surface area contributed by atoms with Crippen LogP contribution in [0.15, 0.2) is 22.7 Å². The minimum absolute atomic E-state index is 0.0930. The number of halogens is 1. The first kappa shape index (κ1) is 16.0. The first-order chi connectivity index (χ1) is 8.95. The average Bonchev–Trinajstić information content (AvgIpc) is 2.37. The van der Waals surface area contributed by atoms with Gasteiger partial charge < -0.3 is 16.2 Å². The summed E-state index contributed by atoms with van der Waals surface area (Å²) in [4.78, 5) is 22.7. The zero-order valence-corrected chi connectivity index (χ0v) is 12.8. The molecule has 1 aromatic carbocycles. The van der Waals surface area contributed by atoms with Gasteiger partial charge in [-0.25, -0.2) is 4.79 Å². The van der Waals surface area contributed by atoms with Crippen LogP contribution in [-0.2, 0) is 4.79 Å². The van der Waals surface area contributed by atoms with E-state index in [0.717, 1.165) is 5.75 Å². The summed E-state index contributed by atoms with van der Waals surface area (Å²) in [5, 5.41) is 11.6. The number of hydrogen-bond acceptors (Lipinski definition) is 4. The topological polar surface area (TPSA) is 92.4 Å². The number of thioether (sulfide) groups is 1. The molecule has 1 amide bonds. The van der Waals surface area contributed by atoms with Crippen molar-refractivity contribution in [3.8, 4) is 0 Å². The predicted molar refractivity (Wildman–Crippen MR) is 80.7 cm³/mol. The quantitative estimate of drug-likeness (QED) is 0.733. The minimum atomic E-state index is -1.06. The van der Waals surface area contributed by atoms with Gasteiger partial charge >= 0.3 is 5.97 Å². The smallest absolute Gasteiger partial charge is 0.336 e. The van der Waals surface area contributed by atoms with Crippen LogP contribution in [0.5, 0.6) is 0 Å². The second kappa shape index (κ2) is 7.52. The van der Waals surface area contributed by atoms with Crippen LogP contribution in [0, 0.1) is 0 Å². The SMILES string of the molecule is CSCC[C@H](N)C(=O)Nc1ccc(Br)c(C(=O)O)c1. The van der Waals surface area contributed by atoms with Gasteiger partial charge in [0.1, 0.15) is 0 Å². The molecule has 0 aliphatic heterocycles. The van der Waals surface area contributed by atoms with Crippen LogP contribution < -0.4 is 11.1 Å². The molecule has 0 radical (unpaired) electrons. The third kappa shape index (κ3) is 4.85. The predicted octanol–water partition coefficient (Wildman–Crippen LogP) is 2.17. The van der Waals surface area contributed by atoms with Crippen LogP contribution in [0.25, 0.3) is 0 Å². The van der Waals surface area contributed by atoms with E-state index in [1.807, 2.05) is 6.26 Å². The fraction of sp³-hybridized carbons (Fsp3) is 0.333. The number of carboxylic acids is 1. The van der Waals surface area contributed by atoms with Crippen molar-refractivity contribution < 1.29 is 14.7 Å². The summed E-state index contributed by atoms with van der Waals surface area (Å²) in [6.07, 6.45) is 2.52. The lowest BCUT2D eigenvalue weighted by atomic mass is 10.2. The van der Waals surface area contributed by atoms with Gasteiger partial charge in [0.05, 0.1) is 11.6 Å². The maximum atomic E-state index is 11.8. The van der Waals surface area contributed by atoms with E-state index in [0.29, 0.717) is 16.6 Å². The molecule has 0 aliphatic rings. The van der Waals surface area contributed by atoms with Crippen LogP contribution in [0.2, 0.25) is 0 Å². The van der Waals surface area contributed by atoms with Crippen LogP contribution in [0.1, 0.15) is 16.8 Å². The summed E-state index contributed by atoms with van der Waals surface area (Å²) >= 11 is 4.76. The molecule has 4 N–H and O–H groups in total. The van der Waals surface area contributed by atoms with E-state index < -0.39 is 12.0 Å². The van der Waals surface area contributed by atoms with E-state index in [1.54, 1.807) is 23.9 Å². The molecular weight excluding hydrogens is 332 g/mol. The fourth-order valence-electron chi connectivity index (χ4n) is 1.38. The maximum Gasteiger partial charge on any atom is 0.336 e. The van der Waals surface area contributed by atoms with Crippen LogP contribution in [0.3, 0.4) is 0 Å². The molecule has 7 heteroatoms. The van der Waals surface area contributed by atoms with E-state index in [4.69, 9.17) is 10.8 Å². The normalized spacial score (nSPS) is 11.9. The van der Waals surface area contributed by atoms with Gasteiger partial charge in [-0.05, 0) is 52.6 Å². The summed E-state index contributed by atoms with van der Waals surface area (Å²) in [6, 6.07) is 4.00. The molecule has 0 aromatic heterocycles. The minimum Gasteiger partial charge on any atom is -0.478 e. The van der Waals surface area contributed by atoms with E-state index in [2.05, 4.69) is 21.2 Å². The first-order valence-corrected chi connectivity index (χ1v) is 7.72. The highest BCUT2D eigenvalue weighted by Gasteiger charge is 2.15. The van der Waals surface area contributed by atoms with Crippen LogP contribution >= 0.6 is 27.7 Å². The number of anilines is 1. The largest absolute Gasteiger partial charge is 0.478 e. The Morgan fingerprint density at radius 2 is 2.21 bits per heavy atom. The number of rotatable bonds is 6. The van der Waals surface area contributed by atoms with Crippen molar-refractivity contribution in [2.24, 2.45) is 5.73 Å². The first-order valence-electron chi connectivity index (χ1n) is 5.54. The van der Waals surface area contributed by atoms with Gasteiger partial charge in [0.15, 0.2) is 0 Å². The third-order valence-electron chi connectivity index (χ3n) is 2.43. The summed E-state index contributed by atoms with van der Waals surface area (Å²) in [6.45, 7) is 0. The van der Waals surface area contributed by atoms with E-state index in [1.165, 1.54) is 6.07 Å². The van der Waals surface area contributed by atoms with Crippen molar-refractivity contribution in [3.63, 3.8) is 0 Å². The molecule has 0 aliphatic carbocycles. The standard InChI is InChI=1S/C12H15BrN2O3S/c1-19-5-4-10(14)11(16)15-7-2-3-9(13)8(6-7)12(17)18/h2-3,6,10H,4-5,14H2,1H3,(H,15,16)(H,17,18)/t10-/m0/s1. The molecule has 0 bridgehead atoms. The number of hydrogen-bond donors (Lipinski definition) is 3. The second-order valence-corrected chi connectivity index (χ2v) is 5.72. The molecule has 0 fully saturated rings. The van der Waals surface area contributed by atoms with Gasteiger partial charge in [-0.15, -0.1) is 0 Å². The summed E-state index contributed by atoms with van der Waals surface area (Å²) < 4.78 is 0.463. The van der Waals surface area contributed by atoms with Gasteiger partial charge in [-0.1, -0.05) is 0 Å². The van der Waals surface area contributed by atoms with Crippen molar-refractivity contribution in [2.75, 3.05) is 17.3 Å². The highest BCUT2D eigenvalue weighted by Crippen LogP contribution is 2.21. The van der Waals surface area contributed by atoms with Gasteiger partial charge in [-0.2, -0.15) is 11.8 Å². The number of aromatic carboxylic acids is 1. The van der Waals surface area contributed by atoms with Gasteiger partial charge in [0.25, 0.3) is 0 Å². The molecule has 1 rings (SSSR count). The summed E-state index contributed by atoms with van der Waals surface area (Å²) in [5.74, 6) is -0.572. The lowest BCUT2D eigenvalue weighted by Crippen LogP contribution is -2.36. The van der Waals surface area contributed by atoms with E-state index in [-0.39, 0.29) is 11.5 Å². The zero-order chi connectivity index (χ0) is 14.4. The Morgan fingerprint density at radius 1 is 1.53 bits per heavy atom. The highest BCUT2D eigenvalue weighted by molar-refractivity contribution is 9.10. The number of carboxylic acid groups (broad SMARTS) is 1. The molecule has 1 atom stereocenters. The number of benzene rings is 1. The highest BCUT2D eigenvalue weighted by atomic mass is 79.9. The average molecular weight is 347 g/mol. The van der Waals surface area contributed by atoms with Gasteiger partial charge in [0, 0.05) is 10.2 Å². The zero-order valence-electron chi connectivity index (χ0n) is 10.4. The van der Waals surface area contributed by atoms with Gasteiger partial charge in [-0.3, -0.25) is 4.79 Å². The molecule has 0 saturated heterocycles. The third-order valence-corrected chi connectivity index (χ3v) is 3.77. The molecule has 0 saturated carbocycles. The van der Waals surface area contributed by atoms with Crippen LogP contribution in [0.4, 0.5) is 5.69 Å². The molecule has 104 valence electrons. The number of amides is 1. The molecule has 1 aromatic rings. The molecule has 19 heavy (non-hydrogen) atoms. The Morgan fingerprint density at radius 3 is 2.79 bits per heavy atom. The van der Waals surface area contributed by atoms with Crippen molar-refractivity contribution in [2.45, 2.75) is 12.5 Å². The molecule has 0 heterocycles. The number of nitrogens with two attached hydrogens (primary N) is 1. The summed E-state index contributed by atoms with van der Waals surface area (Å²) in [5.41, 5.74) is 6.24. The maximum absolute atomic E-state index is 11.8. The molecular formula is C12H15BrN2O3S. The Labute approximate surface area is 124 Å². The Hall–Kier alpha value is -1.05. The van der Waals surface area contributed by atoms with Crippen molar-refractivity contribution >= 4 is 45.3 Å². The molecule has 0 unspecified atom stereocenters. The molecule has 5 nitrogen and oxygen atoms in total. The monoisotopic (exact) mass is 346 g/mol. The molecule has 0 spiro atoms. The van der Waals surface area contributed by atoms with Crippen molar-refractivity contribution in [1.82, 2.24) is 0 Å². The Kier molecular flexibility index (Phi) is 6.33. The summed E-state index contributed by atoms with van der Waals surface area (Å²) in [7, 11) is 0. The second-order valence-electron chi connectivity index (χ2n) is 3.88. The van der Waals surface area contributed by atoms with E-state index in [9.17, 15) is 9.59 Å². The number of carbonyl (C=O) groups is 2. The van der Waals surface area contributed by atoms with Crippen molar-refractivity contribution in [3.05, 3.63) is 28.2 Å². The van der Waals surface area contributed by atoms with Crippen LogP contribution in [-0.4, -0.2) is 35.0 Å². The Balaban J connectivity index is 2.74. The number of nitrogens with one attached hydrogen (secondary N) is 1.